The van der Waals surface area contributed by atoms with Crippen molar-refractivity contribution < 1.29 is 14.7 Å². The molecule has 0 aliphatic rings. The molecule has 0 unspecified atom stereocenters. The van der Waals surface area contributed by atoms with Crippen LogP contribution in [0.1, 0.15) is 25.8 Å². The van der Waals surface area contributed by atoms with E-state index in [1.807, 2.05) is 19.1 Å². The molecule has 0 aliphatic carbocycles. The number of aryl methyl sites for hydroxylation is 1. The summed E-state index contributed by atoms with van der Waals surface area (Å²) in [5.74, 6) is -1.14. The molecule has 108 valence electrons. The standard InChI is InChI=1S/C15H14N2O3S/c1-10-8-11(6-7-16-10)15(20)17-9-13-3-2-12(21-13)4-5-14(18)19/h2-8H,9H2,1H3,(H,17,20)(H,18,19)/b5-4+. The van der Waals surface area contributed by atoms with Crippen LogP contribution in [0.5, 0.6) is 0 Å². The number of carboxylic acid groups (broad SMARTS) is 1. The van der Waals surface area contributed by atoms with E-state index in [1.165, 1.54) is 17.4 Å². The van der Waals surface area contributed by atoms with Gasteiger partial charge in [-0.1, -0.05) is 0 Å². The Hall–Kier alpha value is -2.47. The predicted octanol–water partition coefficient (Wildman–Crippen LogP) is 2.48. The largest absolute Gasteiger partial charge is 0.478 e. The van der Waals surface area contributed by atoms with Crippen LogP contribution < -0.4 is 5.32 Å². The van der Waals surface area contributed by atoms with Crippen LogP contribution in [-0.4, -0.2) is 22.0 Å². The number of aromatic nitrogens is 1. The summed E-state index contributed by atoms with van der Waals surface area (Å²) >= 11 is 1.44. The lowest BCUT2D eigenvalue weighted by Gasteiger charge is -2.03. The Bertz CT molecular complexity index is 692. The Labute approximate surface area is 126 Å². The molecular formula is C15H14N2O3S. The highest BCUT2D eigenvalue weighted by Gasteiger charge is 2.06. The summed E-state index contributed by atoms with van der Waals surface area (Å²) in [4.78, 5) is 28.2. The molecule has 2 aromatic heterocycles. The first-order chi connectivity index (χ1) is 10.0. The molecule has 0 spiro atoms. The maximum atomic E-state index is 12.0. The van der Waals surface area contributed by atoms with E-state index in [2.05, 4.69) is 10.3 Å². The number of nitrogens with one attached hydrogen (secondary N) is 1. The second-order valence-corrected chi connectivity index (χ2v) is 5.54. The molecule has 0 aromatic carbocycles. The maximum absolute atomic E-state index is 12.0. The molecule has 0 atom stereocenters. The van der Waals surface area contributed by atoms with Gasteiger partial charge in [-0.2, -0.15) is 0 Å². The first-order valence-corrected chi connectivity index (χ1v) is 7.07. The summed E-state index contributed by atoms with van der Waals surface area (Å²) in [6.45, 7) is 2.24. The number of thiophene rings is 1. The molecule has 0 aliphatic heterocycles. The van der Waals surface area contributed by atoms with Crippen LogP contribution in [0.15, 0.2) is 36.5 Å². The molecule has 5 nitrogen and oxygen atoms in total. The molecule has 21 heavy (non-hydrogen) atoms. The highest BCUT2D eigenvalue weighted by Crippen LogP contribution is 2.17. The first kappa shape index (κ1) is 14.9. The zero-order chi connectivity index (χ0) is 15.2. The summed E-state index contributed by atoms with van der Waals surface area (Å²) in [5, 5.41) is 11.4. The minimum absolute atomic E-state index is 0.156. The summed E-state index contributed by atoms with van der Waals surface area (Å²) in [5.41, 5.74) is 1.37. The van der Waals surface area contributed by atoms with Gasteiger partial charge in [0.05, 0.1) is 6.54 Å². The van der Waals surface area contributed by atoms with E-state index in [4.69, 9.17) is 5.11 Å². The van der Waals surface area contributed by atoms with Crippen molar-refractivity contribution in [1.29, 1.82) is 0 Å². The van der Waals surface area contributed by atoms with Crippen LogP contribution in [0.2, 0.25) is 0 Å². The van der Waals surface area contributed by atoms with Crippen LogP contribution in [0.4, 0.5) is 0 Å². The maximum Gasteiger partial charge on any atom is 0.328 e. The fourth-order valence-corrected chi connectivity index (χ4v) is 2.54. The van der Waals surface area contributed by atoms with Crippen LogP contribution in [-0.2, 0) is 11.3 Å². The molecule has 2 N–H and O–H groups in total. The fraction of sp³-hybridized carbons (Fsp3) is 0.133. The molecule has 0 bridgehead atoms. The first-order valence-electron chi connectivity index (χ1n) is 6.25. The van der Waals surface area contributed by atoms with Crippen LogP contribution >= 0.6 is 11.3 Å². The van der Waals surface area contributed by atoms with Gasteiger partial charge in [-0.25, -0.2) is 4.79 Å². The van der Waals surface area contributed by atoms with E-state index >= 15 is 0 Å². The number of carbonyl (C=O) groups excluding carboxylic acids is 1. The average Bonchev–Trinajstić information content (AvgIpc) is 2.90. The summed E-state index contributed by atoms with van der Waals surface area (Å²) in [7, 11) is 0. The number of rotatable bonds is 5. The number of nitrogens with zero attached hydrogens (tertiary/aromatic N) is 1. The van der Waals surface area contributed by atoms with E-state index < -0.39 is 5.97 Å². The van der Waals surface area contributed by atoms with E-state index in [1.54, 1.807) is 18.3 Å². The van der Waals surface area contributed by atoms with Gasteiger partial charge in [0.1, 0.15) is 0 Å². The van der Waals surface area contributed by atoms with Crippen molar-refractivity contribution in [3.63, 3.8) is 0 Å². The van der Waals surface area contributed by atoms with Crippen molar-refractivity contribution in [2.45, 2.75) is 13.5 Å². The second-order valence-electron chi connectivity index (χ2n) is 4.34. The Balaban J connectivity index is 1.94. The van der Waals surface area contributed by atoms with Gasteiger partial charge >= 0.3 is 5.97 Å². The molecular weight excluding hydrogens is 288 g/mol. The van der Waals surface area contributed by atoms with E-state index in [0.29, 0.717) is 12.1 Å². The van der Waals surface area contributed by atoms with Crippen molar-refractivity contribution >= 4 is 29.3 Å². The third kappa shape index (κ3) is 4.54. The number of hydrogen-bond acceptors (Lipinski definition) is 4. The van der Waals surface area contributed by atoms with Gasteiger partial charge in [0.15, 0.2) is 0 Å². The highest BCUT2D eigenvalue weighted by molar-refractivity contribution is 7.12. The topological polar surface area (TPSA) is 79.3 Å². The van der Waals surface area contributed by atoms with E-state index in [-0.39, 0.29) is 5.91 Å². The van der Waals surface area contributed by atoms with Crippen molar-refractivity contribution in [2.24, 2.45) is 0 Å². The Morgan fingerprint density at radius 3 is 2.90 bits per heavy atom. The SMILES string of the molecule is Cc1cc(C(=O)NCc2ccc(/C=C/C(=O)O)s2)ccn1. The number of hydrogen-bond donors (Lipinski definition) is 2. The van der Waals surface area contributed by atoms with Gasteiger partial charge < -0.3 is 10.4 Å². The van der Waals surface area contributed by atoms with Gasteiger partial charge in [0.2, 0.25) is 0 Å². The fourth-order valence-electron chi connectivity index (χ4n) is 1.69. The summed E-state index contributed by atoms with van der Waals surface area (Å²) < 4.78 is 0. The lowest BCUT2D eigenvalue weighted by Crippen LogP contribution is -2.22. The number of amides is 1. The number of carbonyl (C=O) groups is 2. The lowest BCUT2D eigenvalue weighted by atomic mass is 10.2. The minimum atomic E-state index is -0.980. The molecule has 2 aromatic rings. The van der Waals surface area contributed by atoms with Crippen molar-refractivity contribution in [1.82, 2.24) is 10.3 Å². The van der Waals surface area contributed by atoms with Crippen LogP contribution in [0, 0.1) is 6.92 Å². The second kappa shape index (κ2) is 6.81. The molecule has 0 saturated heterocycles. The van der Waals surface area contributed by atoms with E-state index in [9.17, 15) is 9.59 Å². The van der Waals surface area contributed by atoms with Gasteiger partial charge in [0.25, 0.3) is 5.91 Å². The zero-order valence-corrected chi connectivity index (χ0v) is 12.2. The normalized spacial score (nSPS) is 10.7. The highest BCUT2D eigenvalue weighted by atomic mass is 32.1. The molecule has 0 fully saturated rings. The van der Waals surface area contributed by atoms with E-state index in [0.717, 1.165) is 21.5 Å². The zero-order valence-electron chi connectivity index (χ0n) is 11.4. The summed E-state index contributed by atoms with van der Waals surface area (Å²) in [6.07, 6.45) is 4.22. The molecule has 6 heteroatoms. The minimum Gasteiger partial charge on any atom is -0.478 e. The third-order valence-corrected chi connectivity index (χ3v) is 3.71. The Kier molecular flexibility index (Phi) is 4.84. The number of pyridine rings is 1. The molecule has 0 radical (unpaired) electrons. The van der Waals surface area contributed by atoms with Crippen molar-refractivity contribution in [2.75, 3.05) is 0 Å². The third-order valence-electron chi connectivity index (χ3n) is 2.65. The smallest absolute Gasteiger partial charge is 0.328 e. The Morgan fingerprint density at radius 2 is 2.19 bits per heavy atom. The predicted molar refractivity (Wildman–Crippen MR) is 81.1 cm³/mol. The van der Waals surface area contributed by atoms with Gasteiger partial charge in [-0.15, -0.1) is 11.3 Å². The average molecular weight is 302 g/mol. The van der Waals surface area contributed by atoms with Crippen LogP contribution in [0.3, 0.4) is 0 Å². The quantitative estimate of drug-likeness (QED) is 0.832. The molecule has 0 saturated carbocycles. The Morgan fingerprint density at radius 1 is 1.38 bits per heavy atom. The monoisotopic (exact) mass is 302 g/mol. The summed E-state index contributed by atoms with van der Waals surface area (Å²) in [6, 6.07) is 7.08. The lowest BCUT2D eigenvalue weighted by molar-refractivity contribution is -0.131. The molecule has 2 rings (SSSR count). The van der Waals surface area contributed by atoms with Crippen molar-refractivity contribution in [3.05, 3.63) is 57.6 Å². The number of aliphatic carboxylic acids is 1. The molecule has 1 amide bonds. The molecule has 2 heterocycles. The van der Waals surface area contributed by atoms with Gasteiger partial charge in [-0.05, 0) is 37.3 Å². The van der Waals surface area contributed by atoms with Crippen LogP contribution in [0.25, 0.3) is 6.08 Å². The van der Waals surface area contributed by atoms with Gasteiger partial charge in [0, 0.05) is 33.3 Å². The van der Waals surface area contributed by atoms with Gasteiger partial charge in [-0.3, -0.25) is 9.78 Å². The number of carboxylic acids is 1. The van der Waals surface area contributed by atoms with Crippen molar-refractivity contribution in [3.8, 4) is 0 Å².